The molecule has 0 aliphatic rings. The van der Waals surface area contributed by atoms with Crippen LogP contribution in [0.25, 0.3) is 0 Å². The van der Waals surface area contributed by atoms with E-state index in [2.05, 4.69) is 10.7 Å². The van der Waals surface area contributed by atoms with E-state index < -0.39 is 15.9 Å². The average Bonchev–Trinajstić information content (AvgIpc) is 2.60. The van der Waals surface area contributed by atoms with Crippen molar-refractivity contribution in [1.82, 2.24) is 10.3 Å². The van der Waals surface area contributed by atoms with Crippen molar-refractivity contribution in [3.05, 3.63) is 54.1 Å². The van der Waals surface area contributed by atoms with Gasteiger partial charge in [0, 0.05) is 18.2 Å². The number of nitrogens with one attached hydrogen (secondary N) is 3. The van der Waals surface area contributed by atoms with Crippen LogP contribution in [-0.4, -0.2) is 26.3 Å². The van der Waals surface area contributed by atoms with Crippen LogP contribution in [0.4, 0.5) is 5.69 Å². The van der Waals surface area contributed by atoms with Gasteiger partial charge in [0.2, 0.25) is 5.91 Å². The van der Waals surface area contributed by atoms with E-state index in [-0.39, 0.29) is 22.5 Å². The zero-order chi connectivity index (χ0) is 20.0. The van der Waals surface area contributed by atoms with Gasteiger partial charge in [-0.25, -0.2) is 8.42 Å². The first-order chi connectivity index (χ1) is 12.7. The minimum absolute atomic E-state index is 0.00789. The molecule has 8 nitrogen and oxygen atoms in total. The molecule has 2 rings (SSSR count). The van der Waals surface area contributed by atoms with Crippen LogP contribution in [0.2, 0.25) is 0 Å². The van der Waals surface area contributed by atoms with Crippen LogP contribution < -0.4 is 20.3 Å². The summed E-state index contributed by atoms with van der Waals surface area (Å²) in [6.45, 7) is 5.12. The molecule has 3 N–H and O–H groups in total. The van der Waals surface area contributed by atoms with Gasteiger partial charge in [-0.05, 0) is 62.4 Å². The summed E-state index contributed by atoms with van der Waals surface area (Å²) in [5, 5.41) is 2.54. The second kappa shape index (κ2) is 8.65. The van der Waals surface area contributed by atoms with E-state index in [4.69, 9.17) is 4.74 Å². The molecule has 0 spiro atoms. The number of carbonyl (C=O) groups excluding carboxylic acids is 2. The Kier molecular flexibility index (Phi) is 6.54. The number of carbonyl (C=O) groups is 2. The summed E-state index contributed by atoms with van der Waals surface area (Å²) in [4.78, 5) is 25.1. The largest absolute Gasteiger partial charge is 0.491 e. The second-order valence-electron chi connectivity index (χ2n) is 5.96. The third kappa shape index (κ3) is 6.08. The van der Waals surface area contributed by atoms with E-state index in [1.807, 2.05) is 18.7 Å². The van der Waals surface area contributed by atoms with Crippen molar-refractivity contribution >= 4 is 27.5 Å². The molecule has 0 saturated carbocycles. The van der Waals surface area contributed by atoms with Crippen molar-refractivity contribution in [2.24, 2.45) is 0 Å². The summed E-state index contributed by atoms with van der Waals surface area (Å²) in [6.07, 6.45) is 0.00789. The lowest BCUT2D eigenvalue weighted by molar-refractivity contribution is -0.114. The van der Waals surface area contributed by atoms with Crippen molar-refractivity contribution in [3.8, 4) is 5.75 Å². The molecule has 0 aromatic heterocycles. The molecule has 0 radical (unpaired) electrons. The fourth-order valence-corrected chi connectivity index (χ4v) is 2.96. The molecule has 2 amide bonds. The van der Waals surface area contributed by atoms with Gasteiger partial charge in [-0.2, -0.15) is 0 Å². The summed E-state index contributed by atoms with van der Waals surface area (Å²) in [6, 6.07) is 11.9. The number of anilines is 1. The Labute approximate surface area is 157 Å². The summed E-state index contributed by atoms with van der Waals surface area (Å²) in [5.74, 6) is -0.258. The van der Waals surface area contributed by atoms with E-state index in [0.717, 1.165) is 0 Å². The predicted molar refractivity (Wildman–Crippen MR) is 101 cm³/mol. The molecule has 0 bridgehead atoms. The topological polar surface area (TPSA) is 114 Å². The molecule has 0 atom stereocenters. The molecule has 2 aromatic carbocycles. The lowest BCUT2D eigenvalue weighted by Crippen LogP contribution is -2.41. The first-order valence-electron chi connectivity index (χ1n) is 8.14. The van der Waals surface area contributed by atoms with E-state index in [1.54, 1.807) is 12.1 Å². The van der Waals surface area contributed by atoms with E-state index in [0.29, 0.717) is 11.4 Å². The first-order valence-corrected chi connectivity index (χ1v) is 9.62. The van der Waals surface area contributed by atoms with Gasteiger partial charge in [0.15, 0.2) is 0 Å². The highest BCUT2D eigenvalue weighted by Crippen LogP contribution is 2.15. The Bertz CT molecular complexity index is 907. The zero-order valence-corrected chi connectivity index (χ0v) is 16.0. The lowest BCUT2D eigenvalue weighted by Gasteiger charge is -2.11. The van der Waals surface area contributed by atoms with Crippen LogP contribution in [-0.2, 0) is 14.8 Å². The minimum atomic E-state index is -3.95. The van der Waals surface area contributed by atoms with Crippen molar-refractivity contribution in [1.29, 1.82) is 0 Å². The van der Waals surface area contributed by atoms with Crippen LogP contribution in [0.3, 0.4) is 0 Å². The Balaban J connectivity index is 1.99. The second-order valence-corrected chi connectivity index (χ2v) is 7.64. The third-order valence-corrected chi connectivity index (χ3v) is 4.54. The maximum atomic E-state index is 12.2. The summed E-state index contributed by atoms with van der Waals surface area (Å²) in [5.41, 5.74) is 2.90. The van der Waals surface area contributed by atoms with Crippen LogP contribution in [0.15, 0.2) is 53.4 Å². The fraction of sp³-hybridized carbons (Fsp3) is 0.222. The quantitative estimate of drug-likeness (QED) is 0.625. The number of rotatable bonds is 7. The normalized spacial score (nSPS) is 11.1. The van der Waals surface area contributed by atoms with Gasteiger partial charge < -0.3 is 10.1 Å². The van der Waals surface area contributed by atoms with Crippen molar-refractivity contribution in [3.63, 3.8) is 0 Å². The van der Waals surface area contributed by atoms with Gasteiger partial charge in [0.25, 0.3) is 15.9 Å². The molecular formula is C18H21N3O5S. The van der Waals surface area contributed by atoms with Gasteiger partial charge >= 0.3 is 0 Å². The molecule has 0 saturated heterocycles. The predicted octanol–water partition coefficient (Wildman–Crippen LogP) is 2.06. The molecular weight excluding hydrogens is 370 g/mol. The molecule has 0 heterocycles. The van der Waals surface area contributed by atoms with Crippen molar-refractivity contribution in [2.75, 3.05) is 5.32 Å². The minimum Gasteiger partial charge on any atom is -0.491 e. The molecule has 0 unspecified atom stereocenters. The van der Waals surface area contributed by atoms with E-state index in [9.17, 15) is 18.0 Å². The van der Waals surface area contributed by atoms with E-state index >= 15 is 0 Å². The van der Waals surface area contributed by atoms with Gasteiger partial charge in [0.1, 0.15) is 5.75 Å². The van der Waals surface area contributed by atoms with Crippen LogP contribution >= 0.6 is 0 Å². The van der Waals surface area contributed by atoms with Crippen molar-refractivity contribution in [2.45, 2.75) is 31.8 Å². The summed E-state index contributed by atoms with van der Waals surface area (Å²) >= 11 is 0. The molecule has 0 aliphatic heterocycles. The number of hydrogen-bond acceptors (Lipinski definition) is 5. The SMILES string of the molecule is CC(=O)Nc1ccc(S(=O)(=O)NNC(=O)c2ccc(OC(C)C)cc2)cc1. The Morgan fingerprint density at radius 3 is 2.07 bits per heavy atom. The van der Waals surface area contributed by atoms with E-state index in [1.165, 1.54) is 43.3 Å². The van der Waals surface area contributed by atoms with Crippen LogP contribution in [0.5, 0.6) is 5.75 Å². The Morgan fingerprint density at radius 1 is 0.963 bits per heavy atom. The van der Waals surface area contributed by atoms with Crippen LogP contribution in [0, 0.1) is 0 Å². The van der Waals surface area contributed by atoms with Crippen molar-refractivity contribution < 1.29 is 22.7 Å². The number of amides is 2. The number of hydrazine groups is 1. The molecule has 2 aromatic rings. The third-order valence-electron chi connectivity index (χ3n) is 3.27. The van der Waals surface area contributed by atoms with Gasteiger partial charge in [-0.1, -0.05) is 0 Å². The smallest absolute Gasteiger partial charge is 0.266 e. The molecule has 27 heavy (non-hydrogen) atoms. The lowest BCUT2D eigenvalue weighted by atomic mass is 10.2. The Morgan fingerprint density at radius 2 is 1.56 bits per heavy atom. The standard InChI is InChI=1S/C18H21N3O5S/c1-12(2)26-16-8-4-14(5-9-16)18(23)20-21-27(24,25)17-10-6-15(7-11-17)19-13(3)22/h4-12,21H,1-3H3,(H,19,22)(H,20,23). The molecule has 9 heteroatoms. The molecule has 0 fully saturated rings. The molecule has 144 valence electrons. The molecule has 0 aliphatic carbocycles. The average molecular weight is 391 g/mol. The van der Waals surface area contributed by atoms with Gasteiger partial charge in [-0.15, -0.1) is 4.83 Å². The van der Waals surface area contributed by atoms with Crippen LogP contribution in [0.1, 0.15) is 31.1 Å². The highest BCUT2D eigenvalue weighted by atomic mass is 32.2. The Hall–Kier alpha value is -2.91. The highest BCUT2D eigenvalue weighted by molar-refractivity contribution is 7.89. The number of hydrogen-bond donors (Lipinski definition) is 3. The summed E-state index contributed by atoms with van der Waals surface area (Å²) < 4.78 is 30.0. The maximum Gasteiger partial charge on any atom is 0.266 e. The van der Waals surface area contributed by atoms with Gasteiger partial charge in [0.05, 0.1) is 11.0 Å². The summed E-state index contributed by atoms with van der Waals surface area (Å²) in [7, 11) is -3.95. The van der Waals surface area contributed by atoms with Gasteiger partial charge in [-0.3, -0.25) is 15.0 Å². The number of benzene rings is 2. The number of ether oxygens (including phenoxy) is 1. The first kappa shape index (κ1) is 20.4. The zero-order valence-electron chi connectivity index (χ0n) is 15.1. The highest BCUT2D eigenvalue weighted by Gasteiger charge is 2.16. The fourth-order valence-electron chi connectivity index (χ4n) is 2.12. The maximum absolute atomic E-state index is 12.2. The monoisotopic (exact) mass is 391 g/mol. The number of sulfonamides is 1.